The summed E-state index contributed by atoms with van der Waals surface area (Å²) in [6.07, 6.45) is 9.04. The van der Waals surface area contributed by atoms with Gasteiger partial charge in [-0.25, -0.2) is 4.79 Å². The molecular weight excluding hydrogens is 422 g/mol. The molecule has 0 aromatic carbocycles. The molecule has 8 nitrogen and oxygen atoms in total. The summed E-state index contributed by atoms with van der Waals surface area (Å²) in [7, 11) is 0. The van der Waals surface area contributed by atoms with Crippen molar-refractivity contribution >= 4 is 23.8 Å². The summed E-state index contributed by atoms with van der Waals surface area (Å²) < 4.78 is 5.19. The third-order valence-corrected chi connectivity index (χ3v) is 8.72. The number of imide groups is 1. The molecule has 2 atom stereocenters. The Bertz CT molecular complexity index is 848. The van der Waals surface area contributed by atoms with Gasteiger partial charge in [0.05, 0.1) is 0 Å². The van der Waals surface area contributed by atoms with E-state index in [0.29, 0.717) is 30.6 Å². The first-order valence-electron chi connectivity index (χ1n) is 12.6. The molecule has 1 saturated heterocycles. The Balaban J connectivity index is 1.14. The first-order chi connectivity index (χ1) is 15.5. The first kappa shape index (κ1) is 22.7. The van der Waals surface area contributed by atoms with Gasteiger partial charge in [0.1, 0.15) is 12.1 Å². The maximum Gasteiger partial charge on any atom is 0.326 e. The number of hydrogen-bond acceptors (Lipinski definition) is 5. The van der Waals surface area contributed by atoms with Gasteiger partial charge in [-0.15, -0.1) is 0 Å². The van der Waals surface area contributed by atoms with Crippen LogP contribution >= 0.6 is 0 Å². The number of nitrogens with zero attached hydrogens (tertiary/aromatic N) is 1. The van der Waals surface area contributed by atoms with E-state index in [2.05, 4.69) is 31.4 Å². The maximum atomic E-state index is 13.2. The van der Waals surface area contributed by atoms with E-state index in [9.17, 15) is 19.2 Å². The van der Waals surface area contributed by atoms with E-state index in [1.165, 1.54) is 19.3 Å². The normalized spacial score (nSPS) is 40.8. The zero-order chi connectivity index (χ0) is 23.6. The average Bonchev–Trinajstić information content (AvgIpc) is 2.86. The fourth-order valence-electron chi connectivity index (χ4n) is 8.57. The topological polar surface area (TPSA) is 105 Å². The van der Waals surface area contributed by atoms with Gasteiger partial charge < -0.3 is 15.4 Å². The Kier molecular flexibility index (Phi) is 5.29. The summed E-state index contributed by atoms with van der Waals surface area (Å²) in [6.45, 7) is 5.44. The van der Waals surface area contributed by atoms with Crippen molar-refractivity contribution in [1.82, 2.24) is 15.5 Å². The van der Waals surface area contributed by atoms with Gasteiger partial charge in [-0.1, -0.05) is 20.8 Å². The van der Waals surface area contributed by atoms with E-state index in [-0.39, 0.29) is 35.3 Å². The Hall–Kier alpha value is -2.12. The van der Waals surface area contributed by atoms with Crippen LogP contribution in [0.1, 0.15) is 78.6 Å². The Morgan fingerprint density at radius 3 is 2.21 bits per heavy atom. The number of hydrogen-bond donors (Lipinski definition) is 2. The fraction of sp³-hybridized carbons (Fsp3) is 0.840. The lowest BCUT2D eigenvalue weighted by molar-refractivity contribution is -0.152. The standard InChI is InChI=1S/C25H37N3O5/c1-15-7-23(2,3)14-25(8-15)21(31)28(22(32)27-25)12-20(30)33-13-19(29)26-24-9-16-4-17(10-24)6-18(5-16)11-24/h15-18H,4-14H2,1-3H3,(H,26,29)(H,27,32)/t15-,16?,17?,18?,24?,25+/m1/s1. The first-order valence-corrected chi connectivity index (χ1v) is 12.6. The molecule has 6 rings (SSSR count). The number of amides is 4. The van der Waals surface area contributed by atoms with Gasteiger partial charge in [0.2, 0.25) is 0 Å². The number of urea groups is 1. The highest BCUT2D eigenvalue weighted by molar-refractivity contribution is 6.08. The SMILES string of the molecule is C[C@@H]1CC(C)(C)C[C@]2(C1)NC(=O)N(CC(=O)OCC(=O)NC13CC4CC(CC(C4)C1)C3)C2=O. The van der Waals surface area contributed by atoms with Crippen molar-refractivity contribution in [3.05, 3.63) is 0 Å². The lowest BCUT2D eigenvalue weighted by Crippen LogP contribution is -2.60. The lowest BCUT2D eigenvalue weighted by atomic mass is 9.53. The second-order valence-corrected chi connectivity index (χ2v) is 12.7. The molecule has 6 fully saturated rings. The Labute approximate surface area is 195 Å². The van der Waals surface area contributed by atoms with E-state index in [0.717, 1.165) is 30.6 Å². The average molecular weight is 460 g/mol. The number of carbonyl (C=O) groups is 4. The van der Waals surface area contributed by atoms with E-state index >= 15 is 0 Å². The molecule has 4 bridgehead atoms. The minimum atomic E-state index is -0.950. The Morgan fingerprint density at radius 2 is 1.64 bits per heavy atom. The van der Waals surface area contributed by atoms with Crippen LogP contribution in [0.2, 0.25) is 0 Å². The van der Waals surface area contributed by atoms with Gasteiger partial charge in [-0.2, -0.15) is 0 Å². The summed E-state index contributed by atoms with van der Waals surface area (Å²) in [5, 5.41) is 6.04. The highest BCUT2D eigenvalue weighted by Gasteiger charge is 2.56. The third-order valence-electron chi connectivity index (χ3n) is 8.72. The van der Waals surface area contributed by atoms with Crippen LogP contribution in [0.5, 0.6) is 0 Å². The number of carbonyl (C=O) groups excluding carboxylic acids is 4. The zero-order valence-electron chi connectivity index (χ0n) is 20.1. The molecule has 1 aliphatic heterocycles. The monoisotopic (exact) mass is 459 g/mol. The molecule has 6 aliphatic rings. The van der Waals surface area contributed by atoms with Crippen molar-refractivity contribution < 1.29 is 23.9 Å². The van der Waals surface area contributed by atoms with Gasteiger partial charge in [0, 0.05) is 5.54 Å². The smallest absolute Gasteiger partial charge is 0.326 e. The quantitative estimate of drug-likeness (QED) is 0.486. The largest absolute Gasteiger partial charge is 0.454 e. The van der Waals surface area contributed by atoms with Crippen LogP contribution in [0, 0.1) is 29.1 Å². The summed E-state index contributed by atoms with van der Waals surface area (Å²) in [5.41, 5.74) is -1.17. The van der Waals surface area contributed by atoms with Crippen LogP contribution in [-0.4, -0.2) is 52.9 Å². The van der Waals surface area contributed by atoms with E-state index in [1.54, 1.807) is 0 Å². The van der Waals surface area contributed by atoms with Crippen LogP contribution < -0.4 is 10.6 Å². The molecule has 33 heavy (non-hydrogen) atoms. The van der Waals surface area contributed by atoms with Crippen molar-refractivity contribution in [2.24, 2.45) is 29.1 Å². The molecule has 0 aromatic heterocycles. The predicted octanol–water partition coefficient (Wildman–Crippen LogP) is 2.75. The van der Waals surface area contributed by atoms with E-state index in [1.807, 2.05) is 0 Å². The van der Waals surface area contributed by atoms with Crippen molar-refractivity contribution in [2.45, 2.75) is 89.6 Å². The minimum absolute atomic E-state index is 0.0769. The summed E-state index contributed by atoms with van der Waals surface area (Å²) in [5.74, 6) is 1.03. The van der Waals surface area contributed by atoms with Crippen molar-refractivity contribution in [3.8, 4) is 0 Å². The molecule has 0 radical (unpaired) electrons. The maximum absolute atomic E-state index is 13.2. The van der Waals surface area contributed by atoms with Crippen LogP contribution in [-0.2, 0) is 19.1 Å². The molecule has 2 N–H and O–H groups in total. The summed E-state index contributed by atoms with van der Waals surface area (Å²) >= 11 is 0. The lowest BCUT2D eigenvalue weighted by Gasteiger charge is -2.56. The third kappa shape index (κ3) is 4.26. The molecule has 0 aromatic rings. The van der Waals surface area contributed by atoms with Crippen LogP contribution in [0.25, 0.3) is 0 Å². The van der Waals surface area contributed by atoms with Gasteiger partial charge >= 0.3 is 12.0 Å². The van der Waals surface area contributed by atoms with Gasteiger partial charge in [-0.05, 0) is 86.9 Å². The van der Waals surface area contributed by atoms with E-state index < -0.39 is 24.1 Å². The fourth-order valence-corrected chi connectivity index (χ4v) is 8.57. The summed E-state index contributed by atoms with van der Waals surface area (Å²) in [6, 6.07) is -0.556. The van der Waals surface area contributed by atoms with Crippen molar-refractivity contribution in [3.63, 3.8) is 0 Å². The predicted molar refractivity (Wildman–Crippen MR) is 120 cm³/mol. The molecular formula is C25H37N3O5. The summed E-state index contributed by atoms with van der Waals surface area (Å²) in [4.78, 5) is 51.7. The molecule has 182 valence electrons. The van der Waals surface area contributed by atoms with E-state index in [4.69, 9.17) is 4.74 Å². The van der Waals surface area contributed by atoms with Crippen LogP contribution in [0.4, 0.5) is 4.79 Å². The highest BCUT2D eigenvalue weighted by atomic mass is 16.5. The molecule has 1 heterocycles. The Morgan fingerprint density at radius 1 is 1.03 bits per heavy atom. The zero-order valence-corrected chi connectivity index (χ0v) is 20.1. The highest BCUT2D eigenvalue weighted by Crippen LogP contribution is 2.55. The number of nitrogens with one attached hydrogen (secondary N) is 2. The van der Waals surface area contributed by atoms with Crippen LogP contribution in [0.3, 0.4) is 0 Å². The molecule has 8 heteroatoms. The molecule has 0 unspecified atom stereocenters. The van der Waals surface area contributed by atoms with Crippen molar-refractivity contribution in [2.75, 3.05) is 13.2 Å². The molecule has 5 aliphatic carbocycles. The molecule has 1 spiro atoms. The molecule has 4 amide bonds. The van der Waals surface area contributed by atoms with Gasteiger partial charge in [0.25, 0.3) is 11.8 Å². The van der Waals surface area contributed by atoms with Gasteiger partial charge in [0.15, 0.2) is 6.61 Å². The van der Waals surface area contributed by atoms with Crippen LogP contribution in [0.15, 0.2) is 0 Å². The number of ether oxygens (including phenoxy) is 1. The molecule has 5 saturated carbocycles. The minimum Gasteiger partial charge on any atom is -0.454 e. The number of rotatable bonds is 5. The van der Waals surface area contributed by atoms with Crippen molar-refractivity contribution in [1.29, 1.82) is 0 Å². The van der Waals surface area contributed by atoms with Gasteiger partial charge in [-0.3, -0.25) is 19.3 Å². The second kappa shape index (κ2) is 7.70. The number of esters is 1. The second-order valence-electron chi connectivity index (χ2n) is 12.7.